The molecule has 0 aromatic rings. The minimum Gasteiger partial charge on any atom is -0.462 e. The number of allylic oxidation sites excluding steroid dienone is 2. The van der Waals surface area contributed by atoms with Gasteiger partial charge in [0.1, 0.15) is 21.2 Å². The molecule has 0 aromatic heterocycles. The Morgan fingerprint density at radius 1 is 0.850 bits per heavy atom. The maximum Gasteiger partial charge on any atom is 0.343 e. The van der Waals surface area contributed by atoms with Gasteiger partial charge in [-0.25, -0.2) is 9.59 Å². The highest BCUT2D eigenvalue weighted by atomic mass is 35.5. The van der Waals surface area contributed by atoms with Crippen LogP contribution in [0.5, 0.6) is 0 Å². The van der Waals surface area contributed by atoms with Crippen molar-refractivity contribution in [3.63, 3.8) is 0 Å². The monoisotopic (exact) mass is 320 g/mol. The predicted molar refractivity (Wildman–Crippen MR) is 69.0 cm³/mol. The standard InChI is InChI=1S/C12H10Cl2O6/c1-3-19-11(17)5-7(13)10(16)6(8(14)9(5)15)12(18)20-4-2/h3-4H2,1-2H3. The summed E-state index contributed by atoms with van der Waals surface area (Å²) in [6, 6.07) is 0. The third-order valence-electron chi connectivity index (χ3n) is 2.25. The fourth-order valence-electron chi connectivity index (χ4n) is 1.42. The smallest absolute Gasteiger partial charge is 0.343 e. The van der Waals surface area contributed by atoms with Gasteiger partial charge in [0.05, 0.1) is 13.2 Å². The van der Waals surface area contributed by atoms with Crippen molar-refractivity contribution in [3.05, 3.63) is 21.2 Å². The number of halogens is 2. The molecule has 6 nitrogen and oxygen atoms in total. The van der Waals surface area contributed by atoms with E-state index in [4.69, 9.17) is 23.2 Å². The van der Waals surface area contributed by atoms with Crippen molar-refractivity contribution in [2.24, 2.45) is 0 Å². The van der Waals surface area contributed by atoms with Gasteiger partial charge in [0, 0.05) is 0 Å². The molecule has 0 aromatic carbocycles. The molecule has 0 bridgehead atoms. The zero-order valence-electron chi connectivity index (χ0n) is 10.6. The van der Waals surface area contributed by atoms with Gasteiger partial charge in [0.15, 0.2) is 0 Å². The highest BCUT2D eigenvalue weighted by Gasteiger charge is 2.40. The molecule has 0 spiro atoms. The lowest BCUT2D eigenvalue weighted by Crippen LogP contribution is -2.29. The van der Waals surface area contributed by atoms with Crippen molar-refractivity contribution >= 4 is 46.7 Å². The molecule has 1 aliphatic carbocycles. The Kier molecular flexibility index (Phi) is 5.47. The summed E-state index contributed by atoms with van der Waals surface area (Å²) in [6.45, 7) is 3.01. The van der Waals surface area contributed by atoms with E-state index < -0.39 is 44.7 Å². The van der Waals surface area contributed by atoms with E-state index in [2.05, 4.69) is 9.47 Å². The number of ether oxygens (including phenoxy) is 2. The first-order valence-corrected chi connectivity index (χ1v) is 6.35. The summed E-state index contributed by atoms with van der Waals surface area (Å²) in [5.41, 5.74) is -1.37. The van der Waals surface area contributed by atoms with E-state index in [0.717, 1.165) is 0 Å². The van der Waals surface area contributed by atoms with Crippen molar-refractivity contribution in [1.82, 2.24) is 0 Å². The third kappa shape index (κ3) is 2.91. The molecule has 20 heavy (non-hydrogen) atoms. The van der Waals surface area contributed by atoms with Gasteiger partial charge >= 0.3 is 11.9 Å². The van der Waals surface area contributed by atoms with Crippen LogP contribution >= 0.6 is 23.2 Å². The molecule has 0 amide bonds. The van der Waals surface area contributed by atoms with Gasteiger partial charge < -0.3 is 9.47 Å². The minimum atomic E-state index is -1.07. The van der Waals surface area contributed by atoms with Gasteiger partial charge in [0.25, 0.3) is 0 Å². The van der Waals surface area contributed by atoms with Crippen LogP contribution in [0.4, 0.5) is 0 Å². The van der Waals surface area contributed by atoms with Crippen LogP contribution in [0.25, 0.3) is 0 Å². The van der Waals surface area contributed by atoms with E-state index in [0.29, 0.717) is 0 Å². The van der Waals surface area contributed by atoms with E-state index in [-0.39, 0.29) is 13.2 Å². The van der Waals surface area contributed by atoms with E-state index in [9.17, 15) is 19.2 Å². The summed E-state index contributed by atoms with van der Waals surface area (Å²) in [6.07, 6.45) is 0. The number of carbonyl (C=O) groups is 4. The highest BCUT2D eigenvalue weighted by molar-refractivity contribution is 6.61. The van der Waals surface area contributed by atoms with Gasteiger partial charge in [-0.3, -0.25) is 9.59 Å². The summed E-state index contributed by atoms with van der Waals surface area (Å²) < 4.78 is 9.22. The summed E-state index contributed by atoms with van der Waals surface area (Å²) in [5.74, 6) is -4.23. The maximum atomic E-state index is 11.9. The molecule has 0 saturated carbocycles. The Morgan fingerprint density at radius 3 is 1.40 bits per heavy atom. The normalized spacial score (nSPS) is 15.6. The minimum absolute atomic E-state index is 0.0138. The van der Waals surface area contributed by atoms with Crippen LogP contribution in [0.1, 0.15) is 13.8 Å². The maximum absolute atomic E-state index is 11.9. The number of ketones is 2. The zero-order valence-corrected chi connectivity index (χ0v) is 12.1. The average Bonchev–Trinajstić information content (AvgIpc) is 2.37. The van der Waals surface area contributed by atoms with Crippen molar-refractivity contribution < 1.29 is 28.7 Å². The van der Waals surface area contributed by atoms with E-state index >= 15 is 0 Å². The van der Waals surface area contributed by atoms with Crippen LogP contribution in [-0.4, -0.2) is 36.7 Å². The van der Waals surface area contributed by atoms with Gasteiger partial charge in [0.2, 0.25) is 11.6 Å². The lowest BCUT2D eigenvalue weighted by molar-refractivity contribution is -0.142. The van der Waals surface area contributed by atoms with Crippen LogP contribution in [0, 0.1) is 0 Å². The summed E-state index contributed by atoms with van der Waals surface area (Å²) in [4.78, 5) is 47.0. The van der Waals surface area contributed by atoms with Crippen LogP contribution in [-0.2, 0) is 28.7 Å². The molecule has 1 aliphatic rings. The summed E-state index contributed by atoms with van der Waals surface area (Å²) in [7, 11) is 0. The second-order valence-corrected chi connectivity index (χ2v) is 4.23. The average molecular weight is 321 g/mol. The molecular formula is C12H10Cl2O6. The molecule has 0 radical (unpaired) electrons. The lowest BCUT2D eigenvalue weighted by atomic mass is 9.96. The molecule has 0 fully saturated rings. The van der Waals surface area contributed by atoms with Crippen molar-refractivity contribution in [2.75, 3.05) is 13.2 Å². The second-order valence-electron chi connectivity index (χ2n) is 3.48. The lowest BCUT2D eigenvalue weighted by Gasteiger charge is -2.15. The van der Waals surface area contributed by atoms with E-state index in [1.165, 1.54) is 13.8 Å². The Labute approximate surface area is 124 Å². The van der Waals surface area contributed by atoms with E-state index in [1.54, 1.807) is 0 Å². The number of hydrogen-bond donors (Lipinski definition) is 0. The van der Waals surface area contributed by atoms with Crippen LogP contribution in [0.15, 0.2) is 21.2 Å². The van der Waals surface area contributed by atoms with E-state index in [1.807, 2.05) is 0 Å². The van der Waals surface area contributed by atoms with Gasteiger partial charge in [-0.1, -0.05) is 23.2 Å². The number of hydrogen-bond acceptors (Lipinski definition) is 6. The predicted octanol–water partition coefficient (Wildman–Crippen LogP) is 1.25. The molecule has 0 saturated heterocycles. The SMILES string of the molecule is CCOC(=O)C1=C(Cl)C(=O)C(C(=O)OCC)=C(Cl)C1=O. The number of rotatable bonds is 4. The number of Topliss-reactive ketones (excluding diaryl/α,β-unsaturated/α-hetero) is 2. The Balaban J connectivity index is 3.28. The van der Waals surface area contributed by atoms with Crippen LogP contribution in [0.3, 0.4) is 0 Å². The van der Waals surface area contributed by atoms with Gasteiger partial charge in [-0.2, -0.15) is 0 Å². The van der Waals surface area contributed by atoms with Gasteiger partial charge in [-0.15, -0.1) is 0 Å². The van der Waals surface area contributed by atoms with Crippen molar-refractivity contribution in [2.45, 2.75) is 13.8 Å². The Bertz CT molecular complexity index is 508. The van der Waals surface area contributed by atoms with Crippen molar-refractivity contribution in [3.8, 4) is 0 Å². The second kappa shape index (κ2) is 6.67. The summed E-state index contributed by atoms with van der Waals surface area (Å²) in [5, 5.41) is -1.41. The molecule has 0 atom stereocenters. The number of carbonyl (C=O) groups excluding carboxylic acids is 4. The topological polar surface area (TPSA) is 86.7 Å². The van der Waals surface area contributed by atoms with Crippen LogP contribution < -0.4 is 0 Å². The fourth-order valence-corrected chi connectivity index (χ4v) is 1.93. The highest BCUT2D eigenvalue weighted by Crippen LogP contribution is 2.30. The molecule has 8 heteroatoms. The Morgan fingerprint density at radius 2 is 1.15 bits per heavy atom. The quantitative estimate of drug-likeness (QED) is 0.440. The zero-order chi connectivity index (χ0) is 15.4. The number of esters is 2. The first-order chi connectivity index (χ1) is 9.36. The third-order valence-corrected chi connectivity index (χ3v) is 2.97. The Hall–Kier alpha value is -1.66. The first-order valence-electron chi connectivity index (χ1n) is 5.59. The fraction of sp³-hybridized carbons (Fsp3) is 0.333. The van der Waals surface area contributed by atoms with Gasteiger partial charge in [-0.05, 0) is 13.8 Å². The molecule has 108 valence electrons. The molecule has 0 N–H and O–H groups in total. The largest absolute Gasteiger partial charge is 0.462 e. The molecule has 0 unspecified atom stereocenters. The molecular weight excluding hydrogens is 311 g/mol. The summed E-state index contributed by atoms with van der Waals surface area (Å²) >= 11 is 11.3. The van der Waals surface area contributed by atoms with Crippen molar-refractivity contribution in [1.29, 1.82) is 0 Å². The molecule has 0 heterocycles. The molecule has 0 aliphatic heterocycles. The molecule has 1 rings (SSSR count). The van der Waals surface area contributed by atoms with Crippen LogP contribution in [0.2, 0.25) is 0 Å². The first kappa shape index (κ1) is 16.4.